The van der Waals surface area contributed by atoms with Gasteiger partial charge in [0.1, 0.15) is 5.82 Å². The van der Waals surface area contributed by atoms with Crippen molar-refractivity contribution in [1.82, 2.24) is 15.0 Å². The summed E-state index contributed by atoms with van der Waals surface area (Å²) < 4.78 is 0. The maximum atomic E-state index is 12.3. The van der Waals surface area contributed by atoms with Crippen molar-refractivity contribution in [2.75, 3.05) is 23.3 Å². The Labute approximate surface area is 127 Å². The summed E-state index contributed by atoms with van der Waals surface area (Å²) in [4.78, 5) is 27.1. The van der Waals surface area contributed by atoms with Crippen molar-refractivity contribution in [2.24, 2.45) is 5.92 Å². The van der Waals surface area contributed by atoms with Gasteiger partial charge in [-0.05, 0) is 19.8 Å². The number of aromatic nitrogens is 3. The van der Waals surface area contributed by atoms with Gasteiger partial charge in [-0.2, -0.15) is 0 Å². The van der Waals surface area contributed by atoms with Gasteiger partial charge >= 0.3 is 0 Å². The van der Waals surface area contributed by atoms with Crippen LogP contribution < -0.4 is 10.2 Å². The molecule has 1 saturated heterocycles. The predicted molar refractivity (Wildman–Crippen MR) is 82.4 cm³/mol. The van der Waals surface area contributed by atoms with E-state index in [2.05, 4.69) is 25.2 Å². The lowest BCUT2D eigenvalue weighted by atomic mass is 9.97. The minimum atomic E-state index is -0.0371. The first-order valence-corrected chi connectivity index (χ1v) is 7.84. The Kier molecular flexibility index (Phi) is 4.10. The molecule has 0 spiro atoms. The van der Waals surface area contributed by atoms with Crippen molar-refractivity contribution in [3.8, 4) is 0 Å². The third-order valence-corrected chi connectivity index (χ3v) is 4.39. The quantitative estimate of drug-likeness (QED) is 0.940. The molecule has 0 aliphatic carbocycles. The molecule has 1 atom stereocenters. The van der Waals surface area contributed by atoms with Crippen LogP contribution in [-0.2, 0) is 4.79 Å². The number of rotatable bonds is 3. The molecule has 3 heterocycles. The molecule has 2 aromatic rings. The molecule has 0 saturated carbocycles. The number of amides is 1. The van der Waals surface area contributed by atoms with Crippen LogP contribution in [0.2, 0.25) is 0 Å². The molecule has 1 fully saturated rings. The van der Waals surface area contributed by atoms with Gasteiger partial charge in [-0.3, -0.25) is 9.78 Å². The van der Waals surface area contributed by atoms with E-state index in [1.54, 1.807) is 18.6 Å². The molecular weight excluding hydrogens is 286 g/mol. The lowest BCUT2D eigenvalue weighted by Gasteiger charge is -2.32. The first-order chi connectivity index (χ1) is 10.2. The smallest absolute Gasteiger partial charge is 0.231 e. The average Bonchev–Trinajstić information content (AvgIpc) is 2.93. The second-order valence-electron chi connectivity index (χ2n) is 5.13. The highest BCUT2D eigenvalue weighted by molar-refractivity contribution is 7.13. The Morgan fingerprint density at radius 3 is 3.10 bits per heavy atom. The molecule has 21 heavy (non-hydrogen) atoms. The molecule has 0 bridgehead atoms. The number of thiazole rings is 1. The molecule has 1 aliphatic rings. The van der Waals surface area contributed by atoms with Crippen LogP contribution in [0.1, 0.15) is 18.5 Å². The zero-order chi connectivity index (χ0) is 14.7. The predicted octanol–water partition coefficient (Wildman–Crippen LogP) is 2.10. The number of carbonyl (C=O) groups is 1. The molecule has 0 radical (unpaired) electrons. The molecule has 0 aromatic carbocycles. The van der Waals surface area contributed by atoms with Crippen molar-refractivity contribution < 1.29 is 4.79 Å². The van der Waals surface area contributed by atoms with Crippen molar-refractivity contribution in [1.29, 1.82) is 0 Å². The Morgan fingerprint density at radius 2 is 2.38 bits per heavy atom. The van der Waals surface area contributed by atoms with Crippen LogP contribution in [0.4, 0.5) is 10.9 Å². The summed E-state index contributed by atoms with van der Waals surface area (Å²) in [5, 5.41) is 5.52. The summed E-state index contributed by atoms with van der Waals surface area (Å²) in [5.74, 6) is 0.836. The Morgan fingerprint density at radius 1 is 1.48 bits per heavy atom. The molecule has 0 unspecified atom stereocenters. The number of nitrogens with zero attached hydrogens (tertiary/aromatic N) is 4. The van der Waals surface area contributed by atoms with Crippen LogP contribution in [0.3, 0.4) is 0 Å². The molecule has 1 N–H and O–H groups in total. The standard InChI is InChI=1S/C14H17N5OS/c1-10-9-21-14(17-10)18-13(20)11-3-2-6-19(8-11)12-7-15-4-5-16-12/h4-5,7,9,11H,2-3,6,8H2,1H3,(H,17,18,20)/t11-/m0/s1. The third kappa shape index (κ3) is 3.36. The van der Waals surface area contributed by atoms with Gasteiger partial charge in [-0.25, -0.2) is 9.97 Å². The van der Waals surface area contributed by atoms with Crippen molar-refractivity contribution in [3.05, 3.63) is 29.7 Å². The molecule has 7 heteroatoms. The molecule has 1 aliphatic heterocycles. The maximum Gasteiger partial charge on any atom is 0.231 e. The van der Waals surface area contributed by atoms with Gasteiger partial charge in [0.25, 0.3) is 0 Å². The van der Waals surface area contributed by atoms with Crippen LogP contribution >= 0.6 is 11.3 Å². The number of hydrogen-bond acceptors (Lipinski definition) is 6. The number of piperidine rings is 1. The lowest BCUT2D eigenvalue weighted by molar-refractivity contribution is -0.120. The summed E-state index contributed by atoms with van der Waals surface area (Å²) in [6, 6.07) is 0. The van der Waals surface area contributed by atoms with Crippen molar-refractivity contribution in [2.45, 2.75) is 19.8 Å². The zero-order valence-corrected chi connectivity index (χ0v) is 12.6. The van der Waals surface area contributed by atoms with E-state index in [-0.39, 0.29) is 11.8 Å². The monoisotopic (exact) mass is 303 g/mol. The Hall–Kier alpha value is -2.02. The second-order valence-corrected chi connectivity index (χ2v) is 5.99. The Bertz CT molecular complexity index is 615. The summed E-state index contributed by atoms with van der Waals surface area (Å²) in [6.07, 6.45) is 6.95. The van der Waals surface area contributed by atoms with Crippen molar-refractivity contribution in [3.63, 3.8) is 0 Å². The molecule has 2 aromatic heterocycles. The van der Waals surface area contributed by atoms with Crippen LogP contribution in [0.5, 0.6) is 0 Å². The first kappa shape index (κ1) is 13.9. The molecular formula is C14H17N5OS. The largest absolute Gasteiger partial charge is 0.355 e. The summed E-state index contributed by atoms with van der Waals surface area (Å²) in [5.41, 5.74) is 0.931. The molecule has 6 nitrogen and oxygen atoms in total. The first-order valence-electron chi connectivity index (χ1n) is 6.96. The number of anilines is 2. The highest BCUT2D eigenvalue weighted by Crippen LogP contribution is 2.23. The van der Waals surface area contributed by atoms with E-state index in [9.17, 15) is 4.79 Å². The number of nitrogens with one attached hydrogen (secondary N) is 1. The Balaban J connectivity index is 1.64. The van der Waals surface area contributed by atoms with Gasteiger partial charge in [-0.15, -0.1) is 11.3 Å². The van der Waals surface area contributed by atoms with Crippen LogP contribution in [0.15, 0.2) is 24.0 Å². The summed E-state index contributed by atoms with van der Waals surface area (Å²) in [7, 11) is 0. The summed E-state index contributed by atoms with van der Waals surface area (Å²) in [6.45, 7) is 3.51. The topological polar surface area (TPSA) is 71.0 Å². The molecule has 3 rings (SSSR count). The van der Waals surface area contributed by atoms with Gasteiger partial charge in [0.05, 0.1) is 17.8 Å². The summed E-state index contributed by atoms with van der Waals surface area (Å²) >= 11 is 1.46. The SMILES string of the molecule is Cc1csc(NC(=O)[C@H]2CCCN(c3cnccn3)C2)n1. The van der Waals surface area contributed by atoms with Crippen LogP contribution in [0.25, 0.3) is 0 Å². The second kappa shape index (κ2) is 6.17. The van der Waals surface area contributed by atoms with Crippen LogP contribution in [-0.4, -0.2) is 33.9 Å². The van der Waals surface area contributed by atoms with Gasteiger partial charge < -0.3 is 10.2 Å². The fourth-order valence-corrected chi connectivity index (χ4v) is 3.16. The number of carbonyl (C=O) groups excluding carboxylic acids is 1. The normalized spacial score (nSPS) is 18.5. The zero-order valence-electron chi connectivity index (χ0n) is 11.8. The number of aryl methyl sites for hydroxylation is 1. The van der Waals surface area contributed by atoms with Gasteiger partial charge in [0.15, 0.2) is 5.13 Å². The van der Waals surface area contributed by atoms with E-state index in [0.29, 0.717) is 11.7 Å². The highest BCUT2D eigenvalue weighted by atomic mass is 32.1. The minimum Gasteiger partial charge on any atom is -0.355 e. The molecule has 1 amide bonds. The van der Waals surface area contributed by atoms with E-state index in [0.717, 1.165) is 30.9 Å². The molecule has 110 valence electrons. The van der Waals surface area contributed by atoms with E-state index in [4.69, 9.17) is 0 Å². The minimum absolute atomic E-state index is 0.0371. The number of hydrogen-bond donors (Lipinski definition) is 1. The third-order valence-electron chi connectivity index (χ3n) is 3.51. The van der Waals surface area contributed by atoms with E-state index in [1.165, 1.54) is 11.3 Å². The maximum absolute atomic E-state index is 12.3. The van der Waals surface area contributed by atoms with E-state index >= 15 is 0 Å². The highest BCUT2D eigenvalue weighted by Gasteiger charge is 2.27. The lowest BCUT2D eigenvalue weighted by Crippen LogP contribution is -2.41. The van der Waals surface area contributed by atoms with Gasteiger partial charge in [0.2, 0.25) is 5.91 Å². The van der Waals surface area contributed by atoms with Gasteiger partial charge in [-0.1, -0.05) is 0 Å². The average molecular weight is 303 g/mol. The van der Waals surface area contributed by atoms with Crippen LogP contribution in [0, 0.1) is 12.8 Å². The van der Waals surface area contributed by atoms with E-state index < -0.39 is 0 Å². The van der Waals surface area contributed by atoms with Crippen molar-refractivity contribution >= 4 is 28.2 Å². The van der Waals surface area contributed by atoms with Gasteiger partial charge in [0, 0.05) is 30.9 Å². The fraction of sp³-hybridized carbons (Fsp3) is 0.429. The van der Waals surface area contributed by atoms with E-state index in [1.807, 2.05) is 12.3 Å². The fourth-order valence-electron chi connectivity index (χ4n) is 2.47.